The summed E-state index contributed by atoms with van der Waals surface area (Å²) in [6.07, 6.45) is -2.00. The van der Waals surface area contributed by atoms with E-state index in [0.717, 1.165) is 12.8 Å². The molecule has 2 aromatic rings. The van der Waals surface area contributed by atoms with Crippen LogP contribution in [0.2, 0.25) is 5.02 Å². The zero-order valence-corrected chi connectivity index (χ0v) is 20.1. The number of carbonyl (C=O) groups is 1. The Morgan fingerprint density at radius 3 is 2.69 bits per heavy atom. The minimum atomic E-state index is -4.76. The number of thioether (sulfide) groups is 1. The number of nitrogen functional groups attached to an aromatic ring is 1. The highest BCUT2D eigenvalue weighted by atomic mass is 35.5. The van der Waals surface area contributed by atoms with Crippen LogP contribution in [0.4, 0.5) is 29.5 Å². The summed E-state index contributed by atoms with van der Waals surface area (Å²) in [5.74, 6) is 5.63. The first-order chi connectivity index (χ1) is 17.0. The summed E-state index contributed by atoms with van der Waals surface area (Å²) >= 11 is 7.28. The number of aliphatic hydroxyl groups is 1. The number of carbonyl (C=O) groups excluding carboxylic acids is 1. The standard InChI is InChI=1S/C14H10ClF3N2O.C8H11N3O3S/c15-9-3-4-11-10(7-9)13(14(16,17)18,20-12(21)19-11)6-5-8-1-2-8;9-5-1-2-11(8(13)10-5)6-4-15-7(3-12)14-6/h3-4,7-8H,1-2H2,(H2,19,20,21);1-2,6-7,12H,3-4H2,(H2,9,10,13)/t13-;6-,7+/m00/s1. The van der Waals surface area contributed by atoms with Gasteiger partial charge in [-0.1, -0.05) is 23.4 Å². The lowest BCUT2D eigenvalue weighted by molar-refractivity contribution is -0.178. The van der Waals surface area contributed by atoms with Gasteiger partial charge < -0.3 is 26.2 Å². The number of alkyl halides is 3. The summed E-state index contributed by atoms with van der Waals surface area (Å²) < 4.78 is 47.8. The molecular weight excluding hydrogens is 523 g/mol. The second-order valence-corrected chi connectivity index (χ2v) is 9.77. The van der Waals surface area contributed by atoms with Crippen molar-refractivity contribution in [3.05, 3.63) is 51.5 Å². The summed E-state index contributed by atoms with van der Waals surface area (Å²) in [5.41, 5.74) is 1.83. The highest BCUT2D eigenvalue weighted by Crippen LogP contribution is 2.45. The Labute approximate surface area is 212 Å². The van der Waals surface area contributed by atoms with Crippen molar-refractivity contribution in [3.8, 4) is 11.8 Å². The van der Waals surface area contributed by atoms with Crippen molar-refractivity contribution in [2.24, 2.45) is 5.92 Å². The van der Waals surface area contributed by atoms with Crippen molar-refractivity contribution < 1.29 is 27.8 Å². The average molecular weight is 544 g/mol. The second kappa shape index (κ2) is 10.2. The number of hydrogen-bond donors (Lipinski definition) is 4. The molecule has 1 saturated heterocycles. The molecule has 1 aliphatic carbocycles. The number of anilines is 2. The molecular formula is C22H21ClF3N5O4S. The molecule has 0 unspecified atom stereocenters. The number of nitrogens with zero attached hydrogens (tertiary/aromatic N) is 2. The van der Waals surface area contributed by atoms with Crippen molar-refractivity contribution in [2.45, 2.75) is 36.2 Å². The molecule has 2 fully saturated rings. The Morgan fingerprint density at radius 1 is 1.33 bits per heavy atom. The molecule has 36 heavy (non-hydrogen) atoms. The molecule has 2 aliphatic heterocycles. The number of amides is 2. The summed E-state index contributed by atoms with van der Waals surface area (Å²) in [7, 11) is 0. The van der Waals surface area contributed by atoms with Crippen LogP contribution in [0.3, 0.4) is 0 Å². The van der Waals surface area contributed by atoms with Gasteiger partial charge in [-0.15, -0.1) is 11.8 Å². The molecule has 0 bridgehead atoms. The molecule has 3 atom stereocenters. The number of aliphatic hydroxyl groups excluding tert-OH is 1. The molecule has 5 N–H and O–H groups in total. The fourth-order valence-electron chi connectivity index (χ4n) is 3.49. The van der Waals surface area contributed by atoms with E-state index in [9.17, 15) is 22.8 Å². The largest absolute Gasteiger partial charge is 0.427 e. The zero-order chi connectivity index (χ0) is 26.1. The number of aromatic nitrogens is 2. The van der Waals surface area contributed by atoms with Crippen molar-refractivity contribution in [1.82, 2.24) is 14.9 Å². The summed E-state index contributed by atoms with van der Waals surface area (Å²) in [5, 5.41) is 13.3. The maximum atomic E-state index is 13.7. The molecule has 1 aromatic carbocycles. The first-order valence-electron chi connectivity index (χ1n) is 10.7. The predicted octanol–water partition coefficient (Wildman–Crippen LogP) is 3.05. The summed E-state index contributed by atoms with van der Waals surface area (Å²) in [6.45, 7) is -0.0572. The highest BCUT2D eigenvalue weighted by molar-refractivity contribution is 8.00. The molecule has 0 radical (unpaired) electrons. The zero-order valence-electron chi connectivity index (χ0n) is 18.5. The van der Waals surface area contributed by atoms with E-state index in [1.54, 1.807) is 12.3 Å². The molecule has 1 saturated carbocycles. The van der Waals surface area contributed by atoms with Crippen LogP contribution < -0.4 is 22.1 Å². The van der Waals surface area contributed by atoms with E-state index >= 15 is 0 Å². The van der Waals surface area contributed by atoms with E-state index in [4.69, 9.17) is 27.2 Å². The molecule has 3 aliphatic rings. The van der Waals surface area contributed by atoms with Gasteiger partial charge in [0.15, 0.2) is 0 Å². The lowest BCUT2D eigenvalue weighted by atomic mass is 9.86. The maximum Gasteiger partial charge on any atom is 0.427 e. The van der Waals surface area contributed by atoms with Crippen LogP contribution in [-0.4, -0.2) is 44.7 Å². The van der Waals surface area contributed by atoms with Gasteiger partial charge in [0.25, 0.3) is 0 Å². The van der Waals surface area contributed by atoms with Crippen molar-refractivity contribution in [2.75, 3.05) is 23.4 Å². The third-order valence-electron chi connectivity index (χ3n) is 5.45. The van der Waals surface area contributed by atoms with Gasteiger partial charge in [0, 0.05) is 34.1 Å². The van der Waals surface area contributed by atoms with Crippen molar-refractivity contribution in [3.63, 3.8) is 0 Å². The van der Waals surface area contributed by atoms with Gasteiger partial charge in [-0.25, -0.2) is 9.59 Å². The second-order valence-electron chi connectivity index (χ2n) is 8.14. The smallest absolute Gasteiger partial charge is 0.393 e. The van der Waals surface area contributed by atoms with Gasteiger partial charge in [0.05, 0.1) is 6.61 Å². The van der Waals surface area contributed by atoms with Gasteiger partial charge in [-0.3, -0.25) is 4.57 Å². The number of halogens is 4. The Balaban J connectivity index is 0.000000179. The van der Waals surface area contributed by atoms with E-state index < -0.39 is 23.4 Å². The topological polar surface area (TPSA) is 132 Å². The molecule has 3 heterocycles. The first kappa shape index (κ1) is 26.2. The number of ether oxygens (including phenoxy) is 1. The summed E-state index contributed by atoms with van der Waals surface area (Å²) in [4.78, 5) is 26.7. The van der Waals surface area contributed by atoms with Crippen LogP contribution in [-0.2, 0) is 10.3 Å². The minimum Gasteiger partial charge on any atom is -0.393 e. The lowest BCUT2D eigenvalue weighted by Gasteiger charge is -2.37. The normalized spacial score (nSPS) is 24.9. The SMILES string of the molecule is Nc1ccn([C@@H]2CS[C@H](CO)O2)c(=O)n1.O=C1Nc2ccc(Cl)cc2[C@@](C#CC2CC2)(C(F)(F)F)N1. The van der Waals surface area contributed by atoms with Gasteiger partial charge >= 0.3 is 17.9 Å². The monoisotopic (exact) mass is 543 g/mol. The molecule has 0 spiro atoms. The third-order valence-corrected chi connectivity index (χ3v) is 6.79. The number of rotatable bonds is 2. The lowest BCUT2D eigenvalue weighted by Crippen LogP contribution is -2.59. The van der Waals surface area contributed by atoms with Crippen LogP contribution in [0.15, 0.2) is 35.3 Å². The van der Waals surface area contributed by atoms with E-state index in [-0.39, 0.29) is 46.3 Å². The molecule has 14 heteroatoms. The molecule has 192 valence electrons. The van der Waals surface area contributed by atoms with Crippen molar-refractivity contribution >= 4 is 40.9 Å². The number of nitrogens with two attached hydrogens (primary N) is 1. The maximum absolute atomic E-state index is 13.7. The minimum absolute atomic E-state index is 0.0290. The van der Waals surface area contributed by atoms with E-state index in [1.165, 1.54) is 34.5 Å². The van der Waals surface area contributed by atoms with Crippen molar-refractivity contribution in [1.29, 1.82) is 0 Å². The molecule has 5 rings (SSSR count). The number of benzene rings is 1. The summed E-state index contributed by atoms with van der Waals surface area (Å²) in [6, 6.07) is 4.55. The number of hydrogen-bond acceptors (Lipinski definition) is 7. The predicted molar refractivity (Wildman–Crippen MR) is 128 cm³/mol. The Kier molecular flexibility index (Phi) is 7.42. The Hall–Kier alpha value is -2.92. The van der Waals surface area contributed by atoms with Crippen LogP contribution in [0.25, 0.3) is 0 Å². The van der Waals surface area contributed by atoms with E-state index in [2.05, 4.69) is 22.1 Å². The number of nitrogens with one attached hydrogen (secondary N) is 2. The average Bonchev–Trinajstić information content (AvgIpc) is 3.52. The fraction of sp³-hybridized carbons (Fsp3) is 0.409. The van der Waals surface area contributed by atoms with Gasteiger partial charge in [-0.05, 0) is 37.1 Å². The van der Waals surface area contributed by atoms with Crippen LogP contribution in [0.1, 0.15) is 24.6 Å². The van der Waals surface area contributed by atoms with Crippen LogP contribution >= 0.6 is 23.4 Å². The van der Waals surface area contributed by atoms with Gasteiger partial charge in [0.1, 0.15) is 17.5 Å². The number of fused-ring (bicyclic) bond motifs is 1. The first-order valence-corrected chi connectivity index (χ1v) is 12.2. The van der Waals surface area contributed by atoms with E-state index in [1.807, 2.05) is 5.32 Å². The van der Waals surface area contributed by atoms with Crippen LogP contribution in [0, 0.1) is 17.8 Å². The van der Waals surface area contributed by atoms with Crippen LogP contribution in [0.5, 0.6) is 0 Å². The molecule has 1 aromatic heterocycles. The highest BCUT2D eigenvalue weighted by Gasteiger charge is 2.59. The quantitative estimate of drug-likeness (QED) is 0.428. The Bertz CT molecular complexity index is 1280. The van der Waals surface area contributed by atoms with Gasteiger partial charge in [-0.2, -0.15) is 18.2 Å². The third kappa shape index (κ3) is 5.57. The molecule has 2 amide bonds. The van der Waals surface area contributed by atoms with E-state index in [0.29, 0.717) is 5.75 Å². The fourth-order valence-corrected chi connectivity index (χ4v) is 4.59. The number of urea groups is 1. The van der Waals surface area contributed by atoms with Gasteiger partial charge in [0.2, 0.25) is 5.54 Å². The molecule has 9 nitrogen and oxygen atoms in total. The Morgan fingerprint density at radius 2 is 2.08 bits per heavy atom.